The van der Waals surface area contributed by atoms with Crippen LogP contribution in [0.3, 0.4) is 0 Å². The maximum Gasteiger partial charge on any atom is 0.248 e. The maximum absolute atomic E-state index is 13.1. The number of fused-ring (bicyclic) bond motifs is 1. The molecule has 1 aliphatic carbocycles. The zero-order chi connectivity index (χ0) is 19.4. The monoisotopic (exact) mass is 414 g/mol. The molecule has 3 aromatic heterocycles. The number of aromatic nitrogens is 4. The zero-order valence-electron chi connectivity index (χ0n) is 15.0. The molecule has 7 nitrogen and oxygen atoms in total. The van der Waals surface area contributed by atoms with Crippen molar-refractivity contribution in [3.8, 4) is 0 Å². The summed E-state index contributed by atoms with van der Waals surface area (Å²) < 4.78 is 0. The molecule has 0 aromatic carbocycles. The Labute approximate surface area is 171 Å². The summed E-state index contributed by atoms with van der Waals surface area (Å²) in [6.45, 7) is 2.10. The third kappa shape index (κ3) is 2.95. The minimum atomic E-state index is -0.126. The minimum absolute atomic E-state index is 0.00624. The lowest BCUT2D eigenvalue weighted by atomic mass is 10.2. The molecular weight excluding hydrogens is 399 g/mol. The van der Waals surface area contributed by atoms with Crippen molar-refractivity contribution in [3.05, 3.63) is 46.6 Å². The largest absolute Gasteiger partial charge is 0.326 e. The molecule has 2 aliphatic rings. The molecule has 1 saturated heterocycles. The van der Waals surface area contributed by atoms with Gasteiger partial charge in [0.15, 0.2) is 5.65 Å². The van der Waals surface area contributed by atoms with Crippen LogP contribution in [0.4, 0.5) is 11.5 Å². The third-order valence-corrected chi connectivity index (χ3v) is 5.49. The van der Waals surface area contributed by atoms with E-state index in [2.05, 4.69) is 19.9 Å². The molecule has 142 valence electrons. The number of carbonyl (C=O) groups is 1. The molecular formula is C19H16Cl2N6O. The average molecular weight is 415 g/mol. The fraction of sp³-hybridized carbons (Fsp3) is 0.316. The van der Waals surface area contributed by atoms with E-state index in [0.29, 0.717) is 22.5 Å². The molecule has 0 radical (unpaired) electrons. The normalized spacial score (nSPS) is 19.7. The van der Waals surface area contributed by atoms with Gasteiger partial charge in [0.2, 0.25) is 11.2 Å². The van der Waals surface area contributed by atoms with E-state index in [4.69, 9.17) is 23.2 Å². The Balaban J connectivity index is 1.63. The second kappa shape index (κ2) is 6.53. The summed E-state index contributed by atoms with van der Waals surface area (Å²) in [7, 11) is 0. The predicted molar refractivity (Wildman–Crippen MR) is 108 cm³/mol. The molecule has 0 N–H and O–H groups in total. The third-order valence-electron chi connectivity index (χ3n) is 5.12. The Bertz CT molecular complexity index is 1080. The molecule has 5 rings (SSSR count). The summed E-state index contributed by atoms with van der Waals surface area (Å²) in [5.41, 5.74) is 2.07. The highest BCUT2D eigenvalue weighted by Gasteiger charge is 2.48. The SMILES string of the molecule is Cc1cc(N2CC(=O)N(c3ccnc4nc(Cl)ccc34)C2C2CC2)nc(Cl)n1. The van der Waals surface area contributed by atoms with E-state index in [1.165, 1.54) is 0 Å². The van der Waals surface area contributed by atoms with E-state index in [1.54, 1.807) is 12.3 Å². The number of carbonyl (C=O) groups excluding carboxylic acids is 1. The second-order valence-corrected chi connectivity index (χ2v) is 7.84. The lowest BCUT2D eigenvalue weighted by Gasteiger charge is -2.31. The number of anilines is 2. The molecule has 1 saturated carbocycles. The molecule has 1 atom stereocenters. The Morgan fingerprint density at radius 1 is 1.11 bits per heavy atom. The van der Waals surface area contributed by atoms with Crippen molar-refractivity contribution < 1.29 is 4.79 Å². The summed E-state index contributed by atoms with van der Waals surface area (Å²) in [5.74, 6) is 1.06. The van der Waals surface area contributed by atoms with Crippen molar-refractivity contribution >= 4 is 51.6 Å². The molecule has 9 heteroatoms. The van der Waals surface area contributed by atoms with E-state index in [9.17, 15) is 4.79 Å². The lowest BCUT2D eigenvalue weighted by molar-refractivity contribution is -0.116. The van der Waals surface area contributed by atoms with E-state index in [-0.39, 0.29) is 23.9 Å². The van der Waals surface area contributed by atoms with Crippen molar-refractivity contribution in [3.63, 3.8) is 0 Å². The van der Waals surface area contributed by atoms with Crippen LogP contribution in [-0.4, -0.2) is 38.6 Å². The number of hydrogen-bond acceptors (Lipinski definition) is 6. The zero-order valence-corrected chi connectivity index (χ0v) is 16.5. The van der Waals surface area contributed by atoms with Crippen LogP contribution >= 0.6 is 23.2 Å². The number of amides is 1. The second-order valence-electron chi connectivity index (χ2n) is 7.11. The smallest absolute Gasteiger partial charge is 0.248 e. The van der Waals surface area contributed by atoms with Gasteiger partial charge in [-0.2, -0.15) is 0 Å². The van der Waals surface area contributed by atoms with Crippen LogP contribution in [0, 0.1) is 12.8 Å². The lowest BCUT2D eigenvalue weighted by Crippen LogP contribution is -2.42. The van der Waals surface area contributed by atoms with Crippen molar-refractivity contribution in [2.45, 2.75) is 25.9 Å². The van der Waals surface area contributed by atoms with Crippen molar-refractivity contribution in [2.75, 3.05) is 16.3 Å². The molecule has 1 aliphatic heterocycles. The van der Waals surface area contributed by atoms with Gasteiger partial charge in [0.05, 0.1) is 5.69 Å². The van der Waals surface area contributed by atoms with E-state index in [0.717, 1.165) is 29.6 Å². The van der Waals surface area contributed by atoms with Gasteiger partial charge in [-0.25, -0.2) is 19.9 Å². The van der Waals surface area contributed by atoms with Crippen molar-refractivity contribution in [1.82, 2.24) is 19.9 Å². The number of pyridine rings is 2. The first-order valence-electron chi connectivity index (χ1n) is 9.02. The van der Waals surface area contributed by atoms with Gasteiger partial charge in [0.1, 0.15) is 23.7 Å². The van der Waals surface area contributed by atoms with Crippen LogP contribution < -0.4 is 9.80 Å². The van der Waals surface area contributed by atoms with E-state index < -0.39 is 0 Å². The minimum Gasteiger partial charge on any atom is -0.326 e. The Morgan fingerprint density at radius 3 is 2.68 bits per heavy atom. The number of rotatable bonds is 3. The topological polar surface area (TPSA) is 75.1 Å². The predicted octanol–water partition coefficient (Wildman–Crippen LogP) is 3.62. The first-order valence-corrected chi connectivity index (χ1v) is 9.78. The molecule has 3 aromatic rings. The van der Waals surface area contributed by atoms with Gasteiger partial charge in [-0.05, 0) is 55.5 Å². The van der Waals surface area contributed by atoms with Gasteiger partial charge in [-0.1, -0.05) is 11.6 Å². The van der Waals surface area contributed by atoms with Crippen molar-refractivity contribution in [2.24, 2.45) is 5.92 Å². The molecule has 2 fully saturated rings. The molecule has 4 heterocycles. The van der Waals surface area contributed by atoms with E-state index in [1.807, 2.05) is 34.9 Å². The van der Waals surface area contributed by atoms with Gasteiger partial charge in [0.25, 0.3) is 0 Å². The molecule has 28 heavy (non-hydrogen) atoms. The first-order chi connectivity index (χ1) is 13.5. The highest BCUT2D eigenvalue weighted by atomic mass is 35.5. The molecule has 0 spiro atoms. The number of aryl methyl sites for hydroxylation is 1. The summed E-state index contributed by atoms with van der Waals surface area (Å²) in [5, 5.41) is 1.35. The van der Waals surface area contributed by atoms with Crippen LogP contribution in [0.2, 0.25) is 10.4 Å². The summed E-state index contributed by atoms with van der Waals surface area (Å²) >= 11 is 12.1. The Hall–Kier alpha value is -2.51. The first kappa shape index (κ1) is 17.6. The van der Waals surface area contributed by atoms with E-state index >= 15 is 0 Å². The van der Waals surface area contributed by atoms with Crippen LogP contribution in [0.15, 0.2) is 30.5 Å². The van der Waals surface area contributed by atoms with Gasteiger partial charge in [-0.3, -0.25) is 9.69 Å². The number of hydrogen-bond donors (Lipinski definition) is 0. The summed E-state index contributed by atoms with van der Waals surface area (Å²) in [6, 6.07) is 7.29. The van der Waals surface area contributed by atoms with Gasteiger partial charge in [-0.15, -0.1) is 0 Å². The molecule has 1 unspecified atom stereocenters. The van der Waals surface area contributed by atoms with Gasteiger partial charge >= 0.3 is 0 Å². The maximum atomic E-state index is 13.1. The van der Waals surface area contributed by atoms with Crippen LogP contribution in [0.5, 0.6) is 0 Å². The summed E-state index contributed by atoms with van der Waals surface area (Å²) in [4.78, 5) is 34.1. The van der Waals surface area contributed by atoms with Gasteiger partial charge < -0.3 is 4.90 Å². The average Bonchev–Trinajstić information content (AvgIpc) is 3.42. The van der Waals surface area contributed by atoms with Crippen LogP contribution in [-0.2, 0) is 4.79 Å². The fourth-order valence-electron chi connectivity index (χ4n) is 3.82. The van der Waals surface area contributed by atoms with Crippen LogP contribution in [0.1, 0.15) is 18.5 Å². The van der Waals surface area contributed by atoms with Crippen molar-refractivity contribution in [1.29, 1.82) is 0 Å². The Morgan fingerprint density at radius 2 is 1.93 bits per heavy atom. The highest BCUT2D eigenvalue weighted by Crippen LogP contribution is 2.44. The van der Waals surface area contributed by atoms with Gasteiger partial charge in [0, 0.05) is 23.3 Å². The molecule has 0 bridgehead atoms. The standard InChI is InChI=1S/C19H16Cl2N6O/c1-10-8-15(25-19(21)23-10)26-9-16(28)27(18(26)11-2-3-11)13-6-7-22-17-12(13)4-5-14(20)24-17/h4-8,11,18H,2-3,9H2,1H3. The number of nitrogens with zero attached hydrogens (tertiary/aromatic N) is 6. The summed E-state index contributed by atoms with van der Waals surface area (Å²) in [6.07, 6.45) is 3.66. The quantitative estimate of drug-likeness (QED) is 0.481. The highest BCUT2D eigenvalue weighted by molar-refractivity contribution is 6.29. The van der Waals surface area contributed by atoms with Crippen LogP contribution in [0.25, 0.3) is 11.0 Å². The number of halogens is 2. The Kier molecular flexibility index (Phi) is 4.10. The molecule has 1 amide bonds. The fourth-order valence-corrected chi connectivity index (χ4v) is 4.18.